The van der Waals surface area contributed by atoms with Crippen molar-refractivity contribution in [2.24, 2.45) is 5.10 Å². The van der Waals surface area contributed by atoms with Crippen LogP contribution >= 0.6 is 11.6 Å². The normalized spacial score (nSPS) is 25.1. The molecule has 5 heteroatoms. The van der Waals surface area contributed by atoms with Gasteiger partial charge in [0, 0.05) is 30.0 Å². The van der Waals surface area contributed by atoms with Crippen LogP contribution in [0.1, 0.15) is 37.4 Å². The van der Waals surface area contributed by atoms with Crippen LogP contribution in [-0.2, 0) is 0 Å². The minimum absolute atomic E-state index is 0.0660. The third-order valence-corrected chi connectivity index (χ3v) is 4.87. The van der Waals surface area contributed by atoms with Crippen LogP contribution in [0.2, 0.25) is 5.02 Å². The topological polar surface area (TPSA) is 45.1 Å². The highest BCUT2D eigenvalue weighted by atomic mass is 35.5. The van der Waals surface area contributed by atoms with Crippen molar-refractivity contribution in [1.29, 1.82) is 0 Å². The molecule has 0 fully saturated rings. The number of allylic oxidation sites excluding steroid dienone is 1. The lowest BCUT2D eigenvalue weighted by molar-refractivity contribution is -0.0697. The van der Waals surface area contributed by atoms with Gasteiger partial charge in [-0.25, -0.2) is 5.01 Å². The summed E-state index contributed by atoms with van der Waals surface area (Å²) in [5.41, 5.74) is 2.30. The summed E-state index contributed by atoms with van der Waals surface area (Å²) in [6.07, 6.45) is 2.47. The molecule has 25 heavy (non-hydrogen) atoms. The number of fused-ring (bicyclic) bond motifs is 3. The third-order valence-electron chi connectivity index (χ3n) is 4.61. The Hall–Kier alpha value is -2.46. The Balaban J connectivity index is 1.80. The van der Waals surface area contributed by atoms with Crippen LogP contribution in [-0.4, -0.2) is 21.6 Å². The van der Waals surface area contributed by atoms with Crippen LogP contribution in [0.5, 0.6) is 5.75 Å². The van der Waals surface area contributed by atoms with Crippen molar-refractivity contribution in [2.75, 3.05) is 0 Å². The van der Waals surface area contributed by atoms with E-state index in [-0.39, 0.29) is 11.8 Å². The molecule has 0 amide bonds. The zero-order valence-electron chi connectivity index (χ0n) is 14.1. The first-order chi connectivity index (χ1) is 12.0. The number of ether oxygens (including phenoxy) is 1. The molecule has 1 N–H and O–H groups in total. The van der Waals surface area contributed by atoms with E-state index in [0.717, 1.165) is 29.0 Å². The molecule has 0 spiro atoms. The average Bonchev–Trinajstić information content (AvgIpc) is 3.01. The maximum Gasteiger partial charge on any atom is 0.218 e. The second-order valence-corrected chi connectivity index (χ2v) is 7.03. The number of rotatable bonds is 2. The lowest BCUT2D eigenvalue weighted by Gasteiger charge is -2.44. The first-order valence-corrected chi connectivity index (χ1v) is 8.63. The molecule has 0 aliphatic carbocycles. The summed E-state index contributed by atoms with van der Waals surface area (Å²) >= 11 is 6.00. The van der Waals surface area contributed by atoms with Crippen molar-refractivity contribution >= 4 is 17.3 Å². The van der Waals surface area contributed by atoms with E-state index in [1.165, 1.54) is 0 Å². The van der Waals surface area contributed by atoms with Gasteiger partial charge in [0.1, 0.15) is 5.75 Å². The summed E-state index contributed by atoms with van der Waals surface area (Å²) in [6, 6.07) is 15.8. The molecule has 128 valence electrons. The highest BCUT2D eigenvalue weighted by Crippen LogP contribution is 2.47. The highest BCUT2D eigenvalue weighted by Gasteiger charge is 2.46. The van der Waals surface area contributed by atoms with E-state index in [0.29, 0.717) is 5.02 Å². The summed E-state index contributed by atoms with van der Waals surface area (Å²) < 4.78 is 6.21. The second kappa shape index (κ2) is 5.81. The zero-order chi connectivity index (χ0) is 17.6. The SMILES string of the molecule is C/C(O)=C\[C@@]1(C)Oc2ccccc2[C@H]2CC(c3ccc(Cl)cc3)=NN21. The largest absolute Gasteiger partial charge is 0.513 e. The number of para-hydroxylation sites is 1. The molecule has 2 aliphatic heterocycles. The summed E-state index contributed by atoms with van der Waals surface area (Å²) in [4.78, 5) is 0. The number of hydrazone groups is 1. The van der Waals surface area contributed by atoms with Crippen molar-refractivity contribution in [2.45, 2.75) is 32.0 Å². The van der Waals surface area contributed by atoms with E-state index in [1.807, 2.05) is 54.4 Å². The van der Waals surface area contributed by atoms with E-state index in [4.69, 9.17) is 21.4 Å². The Labute approximate surface area is 152 Å². The molecule has 0 radical (unpaired) electrons. The van der Waals surface area contributed by atoms with Crippen LogP contribution in [0.15, 0.2) is 65.5 Å². The number of hydrogen-bond donors (Lipinski definition) is 1. The number of aliphatic hydroxyl groups is 1. The van der Waals surface area contributed by atoms with Gasteiger partial charge in [0.15, 0.2) is 0 Å². The molecule has 2 heterocycles. The Morgan fingerprint density at radius 2 is 2.00 bits per heavy atom. The molecular weight excluding hydrogens is 336 g/mol. The summed E-state index contributed by atoms with van der Waals surface area (Å²) in [7, 11) is 0. The van der Waals surface area contributed by atoms with Gasteiger partial charge in [-0.05, 0) is 30.7 Å². The molecule has 2 aromatic carbocycles. The fourth-order valence-electron chi connectivity index (χ4n) is 3.58. The summed E-state index contributed by atoms with van der Waals surface area (Å²) in [5, 5.41) is 17.3. The van der Waals surface area contributed by atoms with E-state index in [9.17, 15) is 5.11 Å². The van der Waals surface area contributed by atoms with E-state index in [2.05, 4.69) is 6.07 Å². The van der Waals surface area contributed by atoms with Gasteiger partial charge in [0.2, 0.25) is 5.72 Å². The number of aliphatic hydroxyl groups excluding tert-OH is 1. The molecule has 0 saturated heterocycles. The quantitative estimate of drug-likeness (QED) is 0.766. The van der Waals surface area contributed by atoms with Gasteiger partial charge in [-0.3, -0.25) is 0 Å². The molecule has 0 unspecified atom stereocenters. The van der Waals surface area contributed by atoms with Crippen molar-refractivity contribution in [3.05, 3.63) is 76.5 Å². The van der Waals surface area contributed by atoms with Gasteiger partial charge in [0.05, 0.1) is 17.5 Å². The van der Waals surface area contributed by atoms with Crippen molar-refractivity contribution in [1.82, 2.24) is 5.01 Å². The molecule has 0 aromatic heterocycles. The van der Waals surface area contributed by atoms with Crippen molar-refractivity contribution in [3.63, 3.8) is 0 Å². The number of halogens is 1. The van der Waals surface area contributed by atoms with E-state index < -0.39 is 5.72 Å². The lowest BCUT2D eigenvalue weighted by atomic mass is 9.95. The van der Waals surface area contributed by atoms with Gasteiger partial charge in [0.25, 0.3) is 0 Å². The molecule has 4 nitrogen and oxygen atoms in total. The number of hydrogen-bond acceptors (Lipinski definition) is 4. The lowest BCUT2D eigenvalue weighted by Crippen LogP contribution is -2.50. The van der Waals surface area contributed by atoms with Gasteiger partial charge in [-0.2, -0.15) is 5.10 Å². The Morgan fingerprint density at radius 1 is 1.28 bits per heavy atom. The molecule has 4 rings (SSSR count). The van der Waals surface area contributed by atoms with E-state index in [1.54, 1.807) is 13.0 Å². The molecule has 2 aromatic rings. The van der Waals surface area contributed by atoms with Crippen molar-refractivity contribution in [3.8, 4) is 5.75 Å². The maximum absolute atomic E-state index is 9.84. The molecular formula is C20H19ClN2O2. The number of benzene rings is 2. The van der Waals surface area contributed by atoms with E-state index >= 15 is 0 Å². The van der Waals surface area contributed by atoms with Gasteiger partial charge in [-0.1, -0.05) is 41.9 Å². The van der Waals surface area contributed by atoms with Crippen LogP contribution in [0.3, 0.4) is 0 Å². The van der Waals surface area contributed by atoms with Crippen LogP contribution in [0.25, 0.3) is 0 Å². The fraction of sp³-hybridized carbons (Fsp3) is 0.250. The minimum Gasteiger partial charge on any atom is -0.513 e. The third kappa shape index (κ3) is 2.76. The van der Waals surface area contributed by atoms with Gasteiger partial charge in [-0.15, -0.1) is 0 Å². The molecule has 2 atom stereocenters. The Morgan fingerprint density at radius 3 is 2.72 bits per heavy atom. The molecule has 0 bridgehead atoms. The second-order valence-electron chi connectivity index (χ2n) is 6.60. The standard InChI is InChI=1S/C20H19ClN2O2/c1-13(24)12-20(2)23-18(16-5-3-4-6-19(16)25-20)11-17(22-23)14-7-9-15(21)10-8-14/h3-10,12,18,24H,11H2,1-2H3/b13-12+/t18-,20-/m1/s1. The first kappa shape index (κ1) is 16.0. The summed E-state index contributed by atoms with van der Waals surface area (Å²) in [5.74, 6) is 1.03. The predicted octanol–water partition coefficient (Wildman–Crippen LogP) is 5.06. The molecule has 0 saturated carbocycles. The maximum atomic E-state index is 9.84. The fourth-order valence-corrected chi connectivity index (χ4v) is 3.71. The average molecular weight is 355 g/mol. The minimum atomic E-state index is -0.841. The van der Waals surface area contributed by atoms with Gasteiger partial charge >= 0.3 is 0 Å². The monoisotopic (exact) mass is 354 g/mol. The summed E-state index contributed by atoms with van der Waals surface area (Å²) in [6.45, 7) is 3.56. The predicted molar refractivity (Wildman–Crippen MR) is 99.0 cm³/mol. The van der Waals surface area contributed by atoms with Gasteiger partial charge < -0.3 is 9.84 Å². The first-order valence-electron chi connectivity index (χ1n) is 8.25. The number of nitrogens with zero attached hydrogens (tertiary/aromatic N) is 2. The Bertz CT molecular complexity index is 872. The van der Waals surface area contributed by atoms with Crippen LogP contribution < -0.4 is 4.74 Å². The zero-order valence-corrected chi connectivity index (χ0v) is 14.9. The smallest absolute Gasteiger partial charge is 0.218 e. The molecule has 2 aliphatic rings. The van der Waals surface area contributed by atoms with Crippen LogP contribution in [0.4, 0.5) is 0 Å². The highest BCUT2D eigenvalue weighted by molar-refractivity contribution is 6.30. The van der Waals surface area contributed by atoms with Crippen molar-refractivity contribution < 1.29 is 9.84 Å². The van der Waals surface area contributed by atoms with Crippen LogP contribution in [0, 0.1) is 0 Å². The Kier molecular flexibility index (Phi) is 3.73.